The molecule has 2 aromatic rings. The number of esters is 1. The summed E-state index contributed by atoms with van der Waals surface area (Å²) in [6, 6.07) is 7.10. The van der Waals surface area contributed by atoms with Gasteiger partial charge >= 0.3 is 5.97 Å². The van der Waals surface area contributed by atoms with Gasteiger partial charge in [0.25, 0.3) is 11.6 Å². The lowest BCUT2D eigenvalue weighted by atomic mass is 10.2. The molecule has 0 saturated heterocycles. The van der Waals surface area contributed by atoms with Gasteiger partial charge in [0.05, 0.1) is 16.9 Å². The van der Waals surface area contributed by atoms with Gasteiger partial charge in [0.1, 0.15) is 4.88 Å². The Balaban J connectivity index is 2.17. The minimum absolute atomic E-state index is 0.0978. The fourth-order valence-electron chi connectivity index (χ4n) is 1.97. The van der Waals surface area contributed by atoms with Gasteiger partial charge < -0.3 is 9.64 Å². The molecule has 7 nitrogen and oxygen atoms in total. The summed E-state index contributed by atoms with van der Waals surface area (Å²) in [5.74, 6) is -0.832. The van der Waals surface area contributed by atoms with Gasteiger partial charge in [-0.2, -0.15) is 0 Å². The van der Waals surface area contributed by atoms with Crippen LogP contribution in [0.2, 0.25) is 5.02 Å². The predicted molar refractivity (Wildman–Crippen MR) is 89.6 cm³/mol. The van der Waals surface area contributed by atoms with E-state index in [1.807, 2.05) is 0 Å². The minimum Gasteiger partial charge on any atom is -0.465 e. The summed E-state index contributed by atoms with van der Waals surface area (Å²) in [5.41, 5.74) is 0.366. The van der Waals surface area contributed by atoms with E-state index in [0.29, 0.717) is 20.3 Å². The molecule has 1 heterocycles. The molecule has 1 aromatic carbocycles. The molecule has 0 unspecified atom stereocenters. The molecule has 0 aliphatic heterocycles. The predicted octanol–water partition coefficient (Wildman–Crippen LogP) is 3.37. The number of methoxy groups -OCH3 is 1. The number of ether oxygens (including phenoxy) is 1. The smallest absolute Gasteiger partial charge is 0.348 e. The highest BCUT2D eigenvalue weighted by molar-refractivity contribution is 7.15. The number of hydrogen-bond donors (Lipinski definition) is 0. The molecule has 126 valence electrons. The van der Waals surface area contributed by atoms with E-state index in [4.69, 9.17) is 11.6 Å². The van der Waals surface area contributed by atoms with Gasteiger partial charge in [-0.15, -0.1) is 11.3 Å². The quantitative estimate of drug-likeness (QED) is 0.458. The molecular weight excluding hydrogens is 356 g/mol. The van der Waals surface area contributed by atoms with Crippen molar-refractivity contribution in [2.75, 3.05) is 14.2 Å². The SMILES string of the molecule is COC(=O)c1ccc(C(=O)N(C)Cc2cc([N+](=O)[O-])ccc2Cl)s1. The van der Waals surface area contributed by atoms with E-state index in [2.05, 4.69) is 4.74 Å². The van der Waals surface area contributed by atoms with Gasteiger partial charge in [0, 0.05) is 30.7 Å². The monoisotopic (exact) mass is 368 g/mol. The van der Waals surface area contributed by atoms with Crippen LogP contribution in [0.1, 0.15) is 24.9 Å². The third kappa shape index (κ3) is 3.90. The van der Waals surface area contributed by atoms with Crippen molar-refractivity contribution in [3.05, 3.63) is 60.8 Å². The number of benzene rings is 1. The highest BCUT2D eigenvalue weighted by Crippen LogP contribution is 2.25. The summed E-state index contributed by atoms with van der Waals surface area (Å²) in [6.07, 6.45) is 0. The maximum Gasteiger partial charge on any atom is 0.348 e. The lowest BCUT2D eigenvalue weighted by molar-refractivity contribution is -0.384. The van der Waals surface area contributed by atoms with Crippen LogP contribution in [-0.4, -0.2) is 35.9 Å². The van der Waals surface area contributed by atoms with E-state index < -0.39 is 10.9 Å². The third-order valence-corrected chi connectivity index (χ3v) is 4.62. The first-order valence-electron chi connectivity index (χ1n) is 6.70. The minimum atomic E-state index is -0.524. The van der Waals surface area contributed by atoms with Crippen LogP contribution >= 0.6 is 22.9 Å². The zero-order valence-corrected chi connectivity index (χ0v) is 14.4. The maximum absolute atomic E-state index is 12.4. The molecule has 0 bridgehead atoms. The fourth-order valence-corrected chi connectivity index (χ4v) is 3.07. The number of carbonyl (C=O) groups is 2. The molecule has 24 heavy (non-hydrogen) atoms. The van der Waals surface area contributed by atoms with Crippen molar-refractivity contribution in [2.45, 2.75) is 6.54 Å². The molecule has 0 N–H and O–H groups in total. The van der Waals surface area contributed by atoms with Gasteiger partial charge in [0.15, 0.2) is 0 Å². The molecule has 1 amide bonds. The van der Waals surface area contributed by atoms with E-state index in [1.165, 1.54) is 42.3 Å². The summed E-state index contributed by atoms with van der Waals surface area (Å²) in [4.78, 5) is 36.2. The Morgan fingerprint density at radius 3 is 2.58 bits per heavy atom. The number of thiophene rings is 1. The Morgan fingerprint density at radius 2 is 1.96 bits per heavy atom. The lowest BCUT2D eigenvalue weighted by Crippen LogP contribution is -2.25. The Bertz CT molecular complexity index is 805. The van der Waals surface area contributed by atoms with Crippen molar-refractivity contribution < 1.29 is 19.2 Å². The molecular formula is C15H13ClN2O5S. The van der Waals surface area contributed by atoms with Gasteiger partial charge in [-0.05, 0) is 23.8 Å². The second-order valence-corrected chi connectivity index (χ2v) is 6.34. The van der Waals surface area contributed by atoms with Crippen LogP contribution in [0.25, 0.3) is 0 Å². The molecule has 9 heteroatoms. The average Bonchev–Trinajstić information content (AvgIpc) is 3.05. The molecule has 1 aromatic heterocycles. The number of amides is 1. The molecule has 0 saturated carbocycles. The van der Waals surface area contributed by atoms with Crippen LogP contribution in [0.4, 0.5) is 5.69 Å². The number of carbonyl (C=O) groups excluding carboxylic acids is 2. The average molecular weight is 369 g/mol. The van der Waals surface area contributed by atoms with Gasteiger partial charge in [-0.3, -0.25) is 14.9 Å². The number of hydrogen-bond acceptors (Lipinski definition) is 6. The largest absolute Gasteiger partial charge is 0.465 e. The normalized spacial score (nSPS) is 10.3. The number of non-ortho nitro benzene ring substituents is 1. The zero-order valence-electron chi connectivity index (χ0n) is 12.8. The van der Waals surface area contributed by atoms with E-state index in [-0.39, 0.29) is 18.1 Å². The Kier molecular flexibility index (Phi) is 5.53. The first kappa shape index (κ1) is 17.9. The van der Waals surface area contributed by atoms with Crippen LogP contribution in [0.15, 0.2) is 30.3 Å². The maximum atomic E-state index is 12.4. The highest BCUT2D eigenvalue weighted by Gasteiger charge is 2.19. The first-order valence-corrected chi connectivity index (χ1v) is 7.89. The Morgan fingerprint density at radius 1 is 1.29 bits per heavy atom. The van der Waals surface area contributed by atoms with Crippen molar-refractivity contribution in [1.82, 2.24) is 4.90 Å². The molecule has 0 aliphatic rings. The van der Waals surface area contributed by atoms with E-state index in [1.54, 1.807) is 7.05 Å². The van der Waals surface area contributed by atoms with Crippen LogP contribution in [0.3, 0.4) is 0 Å². The number of halogens is 1. The van der Waals surface area contributed by atoms with Gasteiger partial charge in [-0.25, -0.2) is 4.79 Å². The third-order valence-electron chi connectivity index (χ3n) is 3.20. The van der Waals surface area contributed by atoms with Gasteiger partial charge in [0.2, 0.25) is 0 Å². The molecule has 2 rings (SSSR count). The highest BCUT2D eigenvalue weighted by atomic mass is 35.5. The number of nitrogens with zero attached hydrogens (tertiary/aromatic N) is 2. The number of nitro benzene ring substituents is 1. The van der Waals surface area contributed by atoms with Crippen molar-refractivity contribution in [1.29, 1.82) is 0 Å². The van der Waals surface area contributed by atoms with Crippen LogP contribution in [-0.2, 0) is 11.3 Å². The summed E-state index contributed by atoms with van der Waals surface area (Å²) >= 11 is 7.06. The second-order valence-electron chi connectivity index (χ2n) is 4.85. The molecule has 0 spiro atoms. The van der Waals surface area contributed by atoms with Gasteiger partial charge in [-0.1, -0.05) is 11.6 Å². The Labute approximate surface area is 146 Å². The van der Waals surface area contributed by atoms with E-state index in [9.17, 15) is 19.7 Å². The zero-order chi connectivity index (χ0) is 17.9. The van der Waals surface area contributed by atoms with E-state index >= 15 is 0 Å². The standard InChI is InChI=1S/C15H13ClN2O5S/c1-17(8-9-7-10(18(21)22)3-4-11(9)16)14(19)12-5-6-13(24-12)15(20)23-2/h3-7H,8H2,1-2H3. The van der Waals surface area contributed by atoms with Crippen LogP contribution in [0.5, 0.6) is 0 Å². The molecule has 0 radical (unpaired) electrons. The first-order chi connectivity index (χ1) is 11.3. The summed E-state index contributed by atoms with van der Waals surface area (Å²) in [7, 11) is 2.81. The lowest BCUT2D eigenvalue weighted by Gasteiger charge is -2.17. The van der Waals surface area contributed by atoms with Crippen molar-refractivity contribution in [3.8, 4) is 0 Å². The van der Waals surface area contributed by atoms with Crippen molar-refractivity contribution >= 4 is 40.5 Å². The summed E-state index contributed by atoms with van der Waals surface area (Å²) < 4.78 is 4.60. The van der Waals surface area contributed by atoms with Crippen molar-refractivity contribution in [3.63, 3.8) is 0 Å². The summed E-state index contributed by atoms with van der Waals surface area (Å²) in [5, 5.41) is 11.2. The fraction of sp³-hybridized carbons (Fsp3) is 0.200. The second kappa shape index (κ2) is 7.41. The summed E-state index contributed by atoms with van der Waals surface area (Å²) in [6.45, 7) is 0.102. The topological polar surface area (TPSA) is 89.8 Å². The van der Waals surface area contributed by atoms with Crippen molar-refractivity contribution in [2.24, 2.45) is 0 Å². The van der Waals surface area contributed by atoms with E-state index in [0.717, 1.165) is 11.3 Å². The molecule has 0 aliphatic carbocycles. The Hall–Kier alpha value is -2.45. The molecule has 0 atom stereocenters. The number of nitro groups is 1. The number of rotatable bonds is 5. The van der Waals surface area contributed by atoms with Crippen LogP contribution in [0, 0.1) is 10.1 Å². The molecule has 0 fully saturated rings. The van der Waals surface area contributed by atoms with Crippen LogP contribution < -0.4 is 0 Å².